The summed E-state index contributed by atoms with van der Waals surface area (Å²) in [5.74, 6) is 2.57. The lowest BCUT2D eigenvalue weighted by Gasteiger charge is -2.15. The monoisotopic (exact) mass is 646 g/mol. The molecule has 0 radical (unpaired) electrons. The molecule has 11 nitrogen and oxygen atoms in total. The second-order valence-electron chi connectivity index (χ2n) is 10.3. The first-order valence-corrected chi connectivity index (χ1v) is 15.8. The molecule has 0 spiro atoms. The Kier molecular flexibility index (Phi) is 14.6. The molecular weight excluding hydrogens is 604 g/mol. The van der Waals surface area contributed by atoms with Crippen LogP contribution in [0.4, 0.5) is 0 Å². The molecule has 47 heavy (non-hydrogen) atoms. The number of fused-ring (bicyclic) bond motifs is 2. The maximum absolute atomic E-state index is 6.07. The zero-order valence-corrected chi connectivity index (χ0v) is 26.6. The van der Waals surface area contributed by atoms with Gasteiger partial charge in [-0.25, -0.2) is 0 Å². The second-order valence-corrected chi connectivity index (χ2v) is 10.3. The molecule has 3 heterocycles. The van der Waals surface area contributed by atoms with Crippen molar-refractivity contribution in [3.63, 3.8) is 0 Å². The molecule has 5 rings (SSSR count). The van der Waals surface area contributed by atoms with E-state index in [1.165, 1.54) is 0 Å². The van der Waals surface area contributed by atoms with E-state index < -0.39 is 0 Å². The van der Waals surface area contributed by atoms with Gasteiger partial charge in [-0.05, 0) is 59.7 Å². The third-order valence-corrected chi connectivity index (χ3v) is 6.83. The van der Waals surface area contributed by atoms with E-state index >= 15 is 0 Å². The minimum Gasteiger partial charge on any atom is -0.487 e. The molecule has 11 heteroatoms. The largest absolute Gasteiger partial charge is 0.487 e. The number of pyridine rings is 2. The standard InChI is InChI=1S/C36H42N2O9/c1-2-7-34-33(6-1)44-21-17-39-13-14-41-19-23-46-35-9-8-29(26-36(35)47-24-20-42-16-15-40-18-22-45-34)27-43-28-30-10-12-38-32(25-30)31-5-3-4-11-37-31/h1-12,25-26H,13-24,27-28H2. The van der Waals surface area contributed by atoms with E-state index in [1.807, 2.05) is 72.8 Å². The Balaban J connectivity index is 1.11. The van der Waals surface area contributed by atoms with E-state index in [4.69, 9.17) is 42.6 Å². The third kappa shape index (κ3) is 12.1. The predicted octanol–water partition coefficient (Wildman–Crippen LogP) is 5.16. The molecule has 2 aromatic heterocycles. The van der Waals surface area contributed by atoms with E-state index in [0.29, 0.717) is 115 Å². The van der Waals surface area contributed by atoms with Crippen molar-refractivity contribution in [2.75, 3.05) is 79.3 Å². The Morgan fingerprint density at radius 1 is 0.426 bits per heavy atom. The van der Waals surface area contributed by atoms with Gasteiger partial charge < -0.3 is 42.6 Å². The summed E-state index contributed by atoms with van der Waals surface area (Å²) in [5.41, 5.74) is 3.60. The molecule has 0 saturated carbocycles. The SMILES string of the molecule is c1ccc(-c2cc(COCc3ccc4c(c3)OCCOCCOCCOc3ccccc3OCCOCCOCCO4)ccn2)nc1. The lowest BCUT2D eigenvalue weighted by Crippen LogP contribution is -2.15. The van der Waals surface area contributed by atoms with Crippen molar-refractivity contribution in [1.82, 2.24) is 9.97 Å². The molecule has 0 saturated heterocycles. The van der Waals surface area contributed by atoms with Crippen LogP contribution in [0.1, 0.15) is 11.1 Å². The topological polar surface area (TPSA) is 109 Å². The number of para-hydroxylation sites is 2. The highest BCUT2D eigenvalue weighted by molar-refractivity contribution is 5.54. The van der Waals surface area contributed by atoms with Crippen LogP contribution in [0.15, 0.2) is 85.2 Å². The van der Waals surface area contributed by atoms with Crippen molar-refractivity contribution in [2.24, 2.45) is 0 Å². The molecule has 4 aromatic rings. The van der Waals surface area contributed by atoms with E-state index in [1.54, 1.807) is 12.4 Å². The van der Waals surface area contributed by atoms with Crippen LogP contribution in [0, 0.1) is 0 Å². The van der Waals surface area contributed by atoms with Crippen LogP contribution in [0.5, 0.6) is 23.0 Å². The summed E-state index contributed by atoms with van der Waals surface area (Å²) >= 11 is 0. The first-order chi connectivity index (χ1) is 23.3. The van der Waals surface area contributed by atoms with Crippen molar-refractivity contribution in [3.8, 4) is 34.4 Å². The number of hydrogen-bond donors (Lipinski definition) is 0. The van der Waals surface area contributed by atoms with Gasteiger partial charge in [0.05, 0.1) is 77.5 Å². The molecule has 1 aliphatic rings. The van der Waals surface area contributed by atoms with Crippen LogP contribution in [0.25, 0.3) is 11.4 Å². The van der Waals surface area contributed by atoms with Gasteiger partial charge in [-0.15, -0.1) is 0 Å². The van der Waals surface area contributed by atoms with Crippen LogP contribution >= 0.6 is 0 Å². The number of nitrogens with zero attached hydrogens (tertiary/aromatic N) is 2. The summed E-state index contributed by atoms with van der Waals surface area (Å²) in [7, 11) is 0. The fraction of sp³-hybridized carbons (Fsp3) is 0.389. The molecule has 0 bridgehead atoms. The summed E-state index contributed by atoms with van der Waals surface area (Å²) in [6.07, 6.45) is 3.53. The first-order valence-electron chi connectivity index (χ1n) is 15.8. The van der Waals surface area contributed by atoms with Gasteiger partial charge in [0.2, 0.25) is 0 Å². The Hall–Kier alpha value is -4.26. The highest BCUT2D eigenvalue weighted by Crippen LogP contribution is 2.29. The summed E-state index contributed by atoms with van der Waals surface area (Å²) in [5, 5.41) is 0. The minimum atomic E-state index is 0.349. The Bertz CT molecular complexity index is 1460. The molecular formula is C36H42N2O9. The summed E-state index contributed by atoms with van der Waals surface area (Å²) < 4.78 is 52.5. The molecule has 2 aromatic carbocycles. The van der Waals surface area contributed by atoms with E-state index in [0.717, 1.165) is 22.5 Å². The smallest absolute Gasteiger partial charge is 0.161 e. The Labute approximate surface area is 275 Å². The van der Waals surface area contributed by atoms with Gasteiger partial charge >= 0.3 is 0 Å². The number of benzene rings is 2. The van der Waals surface area contributed by atoms with Crippen molar-refractivity contribution in [3.05, 3.63) is 96.3 Å². The van der Waals surface area contributed by atoms with Gasteiger partial charge in [0.1, 0.15) is 26.4 Å². The molecule has 250 valence electrons. The average Bonchev–Trinajstić information content (AvgIpc) is 3.11. The molecule has 0 unspecified atom stereocenters. The maximum Gasteiger partial charge on any atom is 0.161 e. The van der Waals surface area contributed by atoms with Crippen molar-refractivity contribution < 1.29 is 42.6 Å². The number of hydrogen-bond acceptors (Lipinski definition) is 11. The van der Waals surface area contributed by atoms with Gasteiger partial charge in [0.25, 0.3) is 0 Å². The number of ether oxygens (including phenoxy) is 9. The van der Waals surface area contributed by atoms with Crippen molar-refractivity contribution >= 4 is 0 Å². The molecule has 0 fully saturated rings. The molecule has 0 aliphatic carbocycles. The van der Waals surface area contributed by atoms with Crippen LogP contribution < -0.4 is 18.9 Å². The summed E-state index contributed by atoms with van der Waals surface area (Å²) in [4.78, 5) is 8.82. The highest BCUT2D eigenvalue weighted by Gasteiger charge is 2.10. The molecule has 1 aliphatic heterocycles. The van der Waals surface area contributed by atoms with Crippen LogP contribution in [-0.4, -0.2) is 89.3 Å². The maximum atomic E-state index is 6.07. The van der Waals surface area contributed by atoms with Crippen molar-refractivity contribution in [2.45, 2.75) is 13.2 Å². The van der Waals surface area contributed by atoms with Gasteiger partial charge in [-0.3, -0.25) is 9.97 Å². The zero-order valence-electron chi connectivity index (χ0n) is 26.6. The van der Waals surface area contributed by atoms with Gasteiger partial charge in [-0.1, -0.05) is 24.3 Å². The lowest BCUT2D eigenvalue weighted by atomic mass is 10.2. The molecule has 0 amide bonds. The van der Waals surface area contributed by atoms with Gasteiger partial charge in [0, 0.05) is 12.4 Å². The first kappa shape index (κ1) is 34.1. The highest BCUT2D eigenvalue weighted by atomic mass is 16.6. The van der Waals surface area contributed by atoms with E-state index in [9.17, 15) is 0 Å². The summed E-state index contributed by atoms with van der Waals surface area (Å²) in [6.45, 7) is 5.79. The Morgan fingerprint density at radius 2 is 0.915 bits per heavy atom. The summed E-state index contributed by atoms with van der Waals surface area (Å²) in [6, 6.07) is 23.0. The fourth-order valence-corrected chi connectivity index (χ4v) is 4.55. The van der Waals surface area contributed by atoms with Crippen molar-refractivity contribution in [1.29, 1.82) is 0 Å². The normalized spacial score (nSPS) is 16.1. The van der Waals surface area contributed by atoms with E-state index in [-0.39, 0.29) is 0 Å². The average molecular weight is 647 g/mol. The van der Waals surface area contributed by atoms with Gasteiger partial charge in [-0.2, -0.15) is 0 Å². The number of aromatic nitrogens is 2. The van der Waals surface area contributed by atoms with Crippen LogP contribution in [-0.2, 0) is 36.9 Å². The van der Waals surface area contributed by atoms with Gasteiger partial charge in [0.15, 0.2) is 23.0 Å². The van der Waals surface area contributed by atoms with E-state index in [2.05, 4.69) is 9.97 Å². The second kappa shape index (κ2) is 20.1. The molecule has 0 atom stereocenters. The van der Waals surface area contributed by atoms with Crippen LogP contribution in [0.3, 0.4) is 0 Å². The zero-order chi connectivity index (χ0) is 32.2. The lowest BCUT2D eigenvalue weighted by molar-refractivity contribution is 0.0223. The fourth-order valence-electron chi connectivity index (χ4n) is 4.55. The predicted molar refractivity (Wildman–Crippen MR) is 174 cm³/mol. The molecule has 0 N–H and O–H groups in total. The Morgan fingerprint density at radius 3 is 1.49 bits per heavy atom. The number of rotatable bonds is 5. The quantitative estimate of drug-likeness (QED) is 0.287. The van der Waals surface area contributed by atoms with Crippen LogP contribution in [0.2, 0.25) is 0 Å². The third-order valence-electron chi connectivity index (χ3n) is 6.83. The minimum absolute atomic E-state index is 0.349.